The molecule has 12 nitrogen and oxygen atoms in total. The number of urea groups is 1. The Hall–Kier alpha value is -5.10. The lowest BCUT2D eigenvalue weighted by molar-refractivity contribution is -0.384. The van der Waals surface area contributed by atoms with Crippen LogP contribution in [0.25, 0.3) is 5.69 Å². The Kier molecular flexibility index (Phi) is 6.66. The third-order valence-corrected chi connectivity index (χ3v) is 6.85. The average molecular weight is 539 g/mol. The van der Waals surface area contributed by atoms with E-state index in [0.29, 0.717) is 56.0 Å². The number of carbonyl (C=O) groups is 1. The third kappa shape index (κ3) is 4.87. The summed E-state index contributed by atoms with van der Waals surface area (Å²) in [5, 5.41) is 29.6. The molecule has 6 rings (SSSR count). The monoisotopic (exact) mass is 538 g/mol. The molecule has 0 aliphatic carbocycles. The first-order valence-electron chi connectivity index (χ1n) is 12.8. The molecule has 0 atom stereocenters. The van der Waals surface area contributed by atoms with Crippen LogP contribution in [-0.4, -0.2) is 62.6 Å². The molecule has 202 valence electrons. The molecule has 3 aromatic carbocycles. The molecule has 1 N–H and O–H groups in total. The highest BCUT2D eigenvalue weighted by Crippen LogP contribution is 2.31. The van der Waals surface area contributed by atoms with Gasteiger partial charge in [0.2, 0.25) is 0 Å². The first-order valence-corrected chi connectivity index (χ1v) is 12.8. The quantitative estimate of drug-likeness (QED) is 0.299. The van der Waals surface area contributed by atoms with Crippen LogP contribution in [0.4, 0.5) is 22.1 Å². The van der Waals surface area contributed by atoms with Gasteiger partial charge < -0.3 is 15.0 Å². The number of amides is 2. The van der Waals surface area contributed by atoms with Crippen molar-refractivity contribution in [1.29, 1.82) is 0 Å². The summed E-state index contributed by atoms with van der Waals surface area (Å²) in [7, 11) is 0. The van der Waals surface area contributed by atoms with Crippen molar-refractivity contribution in [2.75, 3.05) is 36.6 Å². The molecular weight excluding hydrogens is 512 g/mol. The lowest BCUT2D eigenvalue weighted by Crippen LogP contribution is -2.43. The molecule has 4 aromatic rings. The minimum atomic E-state index is -0.421. The van der Waals surface area contributed by atoms with E-state index in [1.807, 2.05) is 60.0 Å². The summed E-state index contributed by atoms with van der Waals surface area (Å²) in [6.07, 6.45) is 0. The van der Waals surface area contributed by atoms with Crippen LogP contribution >= 0.6 is 0 Å². The van der Waals surface area contributed by atoms with Crippen LogP contribution in [0.5, 0.6) is 0 Å². The number of nitro groups is 1. The van der Waals surface area contributed by atoms with Crippen molar-refractivity contribution in [1.82, 2.24) is 19.7 Å². The van der Waals surface area contributed by atoms with Gasteiger partial charge in [0.05, 0.1) is 30.4 Å². The lowest BCUT2D eigenvalue weighted by Gasteiger charge is -2.26. The number of nitrogens with zero attached hydrogens (tertiary/aromatic N) is 7. The second-order valence-electron chi connectivity index (χ2n) is 9.44. The normalized spacial score (nSPS) is 14.6. The van der Waals surface area contributed by atoms with Gasteiger partial charge in [0.15, 0.2) is 0 Å². The molecule has 12 heteroatoms. The van der Waals surface area contributed by atoms with Gasteiger partial charge in [-0.25, -0.2) is 9.80 Å². The van der Waals surface area contributed by atoms with Gasteiger partial charge in [0.1, 0.15) is 11.5 Å². The largest absolute Gasteiger partial charge is 0.378 e. The number of nitrogens with one attached hydrogen (secondary N) is 1. The van der Waals surface area contributed by atoms with E-state index in [2.05, 4.69) is 15.5 Å². The molecule has 2 aliphatic rings. The maximum Gasteiger partial charge on any atom is 0.321 e. The van der Waals surface area contributed by atoms with Gasteiger partial charge in [-0.2, -0.15) is 5.10 Å². The van der Waals surface area contributed by atoms with E-state index in [0.717, 1.165) is 22.4 Å². The Morgan fingerprint density at radius 1 is 1.00 bits per heavy atom. The number of ether oxygens (including phenoxy) is 1. The Bertz CT molecular complexity index is 1590. The minimum Gasteiger partial charge on any atom is -0.378 e. The third-order valence-electron chi connectivity index (χ3n) is 6.85. The number of hydrazone groups is 1. The molecular formula is C28H26N8O4. The van der Waals surface area contributed by atoms with Crippen LogP contribution in [0.1, 0.15) is 22.5 Å². The van der Waals surface area contributed by atoms with E-state index in [1.54, 1.807) is 22.0 Å². The van der Waals surface area contributed by atoms with Gasteiger partial charge in [-0.1, -0.05) is 42.5 Å². The molecule has 2 amide bonds. The Labute approximate surface area is 229 Å². The highest BCUT2D eigenvalue weighted by molar-refractivity contribution is 6.15. The van der Waals surface area contributed by atoms with Crippen LogP contribution in [0.15, 0.2) is 77.9 Å². The van der Waals surface area contributed by atoms with Crippen molar-refractivity contribution in [2.24, 2.45) is 5.10 Å². The van der Waals surface area contributed by atoms with Gasteiger partial charge in [-0.3, -0.25) is 14.7 Å². The van der Waals surface area contributed by atoms with E-state index in [4.69, 9.17) is 9.84 Å². The number of hydrogen-bond acceptors (Lipinski definition) is 8. The summed E-state index contributed by atoms with van der Waals surface area (Å²) in [6.45, 7) is 4.40. The van der Waals surface area contributed by atoms with E-state index in [1.165, 1.54) is 12.1 Å². The molecule has 0 bridgehead atoms. The van der Waals surface area contributed by atoms with Crippen LogP contribution < -0.4 is 10.3 Å². The smallest absolute Gasteiger partial charge is 0.321 e. The second kappa shape index (κ2) is 10.6. The molecule has 0 unspecified atom stereocenters. The Balaban J connectivity index is 1.36. The van der Waals surface area contributed by atoms with Crippen molar-refractivity contribution in [2.45, 2.75) is 13.5 Å². The lowest BCUT2D eigenvalue weighted by atomic mass is 10.0. The number of carbonyl (C=O) groups excluding carboxylic acids is 1. The number of anilines is 2. The van der Waals surface area contributed by atoms with E-state index >= 15 is 0 Å². The van der Waals surface area contributed by atoms with Gasteiger partial charge in [0, 0.05) is 42.0 Å². The van der Waals surface area contributed by atoms with Gasteiger partial charge >= 0.3 is 6.03 Å². The number of fused-ring (bicyclic) bond motifs is 3. The Morgan fingerprint density at radius 3 is 2.45 bits per heavy atom. The standard InChI is InChI=1S/C28H26N8O4/c1-19-30-31-27-34(18-20-6-12-23(13-7-20)36(38)39)32-26(24-4-2-3-5-25(24)35(19)27)21-8-10-22(11-9-21)29-28(37)33-14-16-40-17-15-33/h2-13H,14-18H2,1H3,(H,29,37). The SMILES string of the molecule is Cc1nnc2n1-c1ccccc1C(c1ccc(NC(=O)N3CCOCC3)cc1)=NN2Cc1ccc([N+](=O)[O-])cc1. The fourth-order valence-corrected chi connectivity index (χ4v) is 4.78. The Morgan fingerprint density at radius 2 is 1.73 bits per heavy atom. The van der Waals surface area contributed by atoms with Crippen molar-refractivity contribution in [3.63, 3.8) is 0 Å². The van der Waals surface area contributed by atoms with Crippen LogP contribution in [0, 0.1) is 17.0 Å². The van der Waals surface area contributed by atoms with Crippen molar-refractivity contribution >= 4 is 29.1 Å². The molecule has 1 saturated heterocycles. The molecule has 1 fully saturated rings. The number of para-hydroxylation sites is 1. The topological polar surface area (TPSA) is 131 Å². The van der Waals surface area contributed by atoms with Gasteiger partial charge in [0.25, 0.3) is 11.6 Å². The van der Waals surface area contributed by atoms with Crippen LogP contribution in [0.2, 0.25) is 0 Å². The summed E-state index contributed by atoms with van der Waals surface area (Å²) >= 11 is 0. The summed E-state index contributed by atoms with van der Waals surface area (Å²) in [6, 6.07) is 21.7. The van der Waals surface area contributed by atoms with Crippen LogP contribution in [-0.2, 0) is 11.3 Å². The second-order valence-corrected chi connectivity index (χ2v) is 9.44. The van der Waals surface area contributed by atoms with E-state index in [-0.39, 0.29) is 11.7 Å². The number of aromatic nitrogens is 3. The summed E-state index contributed by atoms with van der Waals surface area (Å²) in [4.78, 5) is 25.1. The predicted octanol–water partition coefficient (Wildman–Crippen LogP) is 4.12. The first-order chi connectivity index (χ1) is 19.5. The number of aryl methyl sites for hydroxylation is 1. The number of benzene rings is 3. The van der Waals surface area contributed by atoms with Crippen LogP contribution in [0.3, 0.4) is 0 Å². The molecule has 0 saturated carbocycles. The molecule has 2 aliphatic heterocycles. The number of rotatable bonds is 5. The fraction of sp³-hybridized carbons (Fsp3) is 0.214. The summed E-state index contributed by atoms with van der Waals surface area (Å²) < 4.78 is 7.28. The highest BCUT2D eigenvalue weighted by Gasteiger charge is 2.26. The summed E-state index contributed by atoms with van der Waals surface area (Å²) in [5.74, 6) is 1.24. The van der Waals surface area contributed by atoms with Gasteiger partial charge in [-0.15, -0.1) is 10.2 Å². The number of non-ortho nitro benzene ring substituents is 1. The zero-order valence-corrected chi connectivity index (χ0v) is 21.7. The number of morpholine rings is 1. The van der Waals surface area contributed by atoms with Crippen molar-refractivity contribution < 1.29 is 14.5 Å². The summed E-state index contributed by atoms with van der Waals surface area (Å²) in [5.41, 5.74) is 4.87. The molecule has 0 radical (unpaired) electrons. The average Bonchev–Trinajstić information content (AvgIpc) is 3.31. The fourth-order valence-electron chi connectivity index (χ4n) is 4.78. The molecule has 0 spiro atoms. The molecule has 1 aromatic heterocycles. The first kappa shape index (κ1) is 25.2. The number of nitro benzene ring substituents is 1. The maximum absolute atomic E-state index is 12.6. The van der Waals surface area contributed by atoms with Crippen molar-refractivity contribution in [3.05, 3.63) is 105 Å². The highest BCUT2D eigenvalue weighted by atomic mass is 16.6. The zero-order valence-electron chi connectivity index (χ0n) is 21.7. The minimum absolute atomic E-state index is 0.0241. The van der Waals surface area contributed by atoms with E-state index in [9.17, 15) is 14.9 Å². The molecule has 3 heterocycles. The maximum atomic E-state index is 12.6. The molecule has 40 heavy (non-hydrogen) atoms. The number of hydrogen-bond donors (Lipinski definition) is 1. The zero-order chi connectivity index (χ0) is 27.6. The van der Waals surface area contributed by atoms with E-state index < -0.39 is 4.92 Å². The van der Waals surface area contributed by atoms with Crippen molar-refractivity contribution in [3.8, 4) is 5.69 Å². The predicted molar refractivity (Wildman–Crippen MR) is 149 cm³/mol. The van der Waals surface area contributed by atoms with Gasteiger partial charge in [-0.05, 0) is 30.7 Å².